The van der Waals surface area contributed by atoms with Gasteiger partial charge < -0.3 is 9.47 Å². The second-order valence-corrected chi connectivity index (χ2v) is 4.62. The molecule has 0 bridgehead atoms. The summed E-state index contributed by atoms with van der Waals surface area (Å²) < 4.78 is 10.4. The average molecular weight is 236 g/mol. The third kappa shape index (κ3) is 4.19. The molecule has 3 heteroatoms. The lowest BCUT2D eigenvalue weighted by molar-refractivity contribution is 0.0141. The molecule has 0 unspecified atom stereocenters. The van der Waals surface area contributed by atoms with Gasteiger partial charge in [0, 0.05) is 19.1 Å². The van der Waals surface area contributed by atoms with Crippen LogP contribution in [0.5, 0.6) is 5.75 Å². The molecule has 0 aliphatic rings. The number of methoxy groups -OCH3 is 2. The van der Waals surface area contributed by atoms with Gasteiger partial charge in [0.2, 0.25) is 0 Å². The van der Waals surface area contributed by atoms with Crippen molar-refractivity contribution in [1.82, 2.24) is 0 Å². The molecule has 0 amide bonds. The predicted octanol–water partition coefficient (Wildman–Crippen LogP) is 3.08. The van der Waals surface area contributed by atoms with Crippen LogP contribution in [0.3, 0.4) is 0 Å². The van der Waals surface area contributed by atoms with Crippen molar-refractivity contribution < 1.29 is 14.3 Å². The number of Topliss-reactive ketones (excluding diaryl/α,β-unsaturated/α-hetero) is 1. The first-order valence-corrected chi connectivity index (χ1v) is 5.71. The van der Waals surface area contributed by atoms with Crippen LogP contribution in [0.1, 0.15) is 37.0 Å². The maximum Gasteiger partial charge on any atom is 0.163 e. The van der Waals surface area contributed by atoms with Gasteiger partial charge in [0.1, 0.15) is 5.75 Å². The van der Waals surface area contributed by atoms with Gasteiger partial charge in [-0.3, -0.25) is 4.79 Å². The molecule has 0 radical (unpaired) electrons. The van der Waals surface area contributed by atoms with E-state index in [4.69, 9.17) is 9.47 Å². The summed E-state index contributed by atoms with van der Waals surface area (Å²) in [5.41, 5.74) is 0.436. The normalized spacial score (nSPS) is 11.3. The first-order valence-electron chi connectivity index (χ1n) is 5.71. The van der Waals surface area contributed by atoms with E-state index < -0.39 is 0 Å². The molecule has 0 aliphatic heterocycles. The molecule has 0 saturated carbocycles. The Bertz CT molecular complexity index is 383. The third-order valence-electron chi connectivity index (χ3n) is 2.90. The summed E-state index contributed by atoms with van der Waals surface area (Å²) >= 11 is 0. The Morgan fingerprint density at radius 2 is 2.00 bits per heavy atom. The lowest BCUT2D eigenvalue weighted by atomic mass is 9.98. The van der Waals surface area contributed by atoms with Crippen LogP contribution in [-0.2, 0) is 4.74 Å². The van der Waals surface area contributed by atoms with Crippen molar-refractivity contribution in [3.63, 3.8) is 0 Å². The molecule has 0 fully saturated rings. The number of carbonyl (C=O) groups is 1. The quantitative estimate of drug-likeness (QED) is 0.712. The topological polar surface area (TPSA) is 35.5 Å². The molecule has 0 saturated heterocycles. The van der Waals surface area contributed by atoms with Crippen LogP contribution in [0, 0.1) is 0 Å². The average Bonchev–Trinajstić information content (AvgIpc) is 2.36. The first-order chi connectivity index (χ1) is 7.98. The number of carbonyl (C=O) groups excluding carboxylic acids is 1. The maximum atomic E-state index is 12.0. The van der Waals surface area contributed by atoms with Crippen LogP contribution in [0.4, 0.5) is 0 Å². The van der Waals surface area contributed by atoms with E-state index in [1.54, 1.807) is 20.3 Å². The second-order valence-electron chi connectivity index (χ2n) is 4.62. The van der Waals surface area contributed by atoms with Crippen molar-refractivity contribution in [2.45, 2.75) is 32.3 Å². The molecular formula is C14H20O3. The molecule has 0 aliphatic carbocycles. The van der Waals surface area contributed by atoms with Gasteiger partial charge in [0.15, 0.2) is 5.78 Å². The SMILES string of the molecule is COc1cccc(C(=O)CCC(C)(C)OC)c1. The molecule has 17 heavy (non-hydrogen) atoms. The highest BCUT2D eigenvalue weighted by Crippen LogP contribution is 2.19. The fourth-order valence-corrected chi connectivity index (χ4v) is 1.46. The van der Waals surface area contributed by atoms with Crippen molar-refractivity contribution >= 4 is 5.78 Å². The van der Waals surface area contributed by atoms with Gasteiger partial charge in [-0.15, -0.1) is 0 Å². The molecule has 3 nitrogen and oxygen atoms in total. The van der Waals surface area contributed by atoms with Crippen molar-refractivity contribution in [3.05, 3.63) is 29.8 Å². The zero-order valence-corrected chi connectivity index (χ0v) is 10.9. The van der Waals surface area contributed by atoms with Gasteiger partial charge in [0.05, 0.1) is 12.7 Å². The minimum absolute atomic E-state index is 0.119. The van der Waals surface area contributed by atoms with E-state index in [0.717, 1.165) is 0 Å². The van der Waals surface area contributed by atoms with Gasteiger partial charge in [0.25, 0.3) is 0 Å². The van der Waals surface area contributed by atoms with Crippen LogP contribution < -0.4 is 4.74 Å². The maximum absolute atomic E-state index is 12.0. The lowest BCUT2D eigenvalue weighted by Gasteiger charge is -2.22. The molecular weight excluding hydrogens is 216 g/mol. The zero-order chi connectivity index (χ0) is 12.9. The summed E-state index contributed by atoms with van der Waals surface area (Å²) in [4.78, 5) is 12.0. The lowest BCUT2D eigenvalue weighted by Crippen LogP contribution is -2.23. The first kappa shape index (κ1) is 13.7. The Balaban J connectivity index is 2.64. The zero-order valence-electron chi connectivity index (χ0n) is 10.9. The molecule has 0 spiro atoms. The number of rotatable bonds is 6. The summed E-state index contributed by atoms with van der Waals surface area (Å²) in [6.45, 7) is 3.96. The summed E-state index contributed by atoms with van der Waals surface area (Å²) in [5, 5.41) is 0. The molecule has 0 aromatic heterocycles. The van der Waals surface area contributed by atoms with Crippen LogP contribution in [0.2, 0.25) is 0 Å². The minimum atomic E-state index is -0.255. The van der Waals surface area contributed by atoms with Gasteiger partial charge >= 0.3 is 0 Å². The number of ketones is 1. The van der Waals surface area contributed by atoms with Crippen molar-refractivity contribution in [2.24, 2.45) is 0 Å². The van der Waals surface area contributed by atoms with E-state index in [1.165, 1.54) is 0 Å². The van der Waals surface area contributed by atoms with E-state index in [1.807, 2.05) is 32.0 Å². The molecule has 1 rings (SSSR count). The van der Waals surface area contributed by atoms with Gasteiger partial charge in [-0.05, 0) is 32.4 Å². The van der Waals surface area contributed by atoms with E-state index in [-0.39, 0.29) is 11.4 Å². The van der Waals surface area contributed by atoms with E-state index in [0.29, 0.717) is 24.2 Å². The van der Waals surface area contributed by atoms with Crippen LogP contribution >= 0.6 is 0 Å². The molecule has 0 N–H and O–H groups in total. The minimum Gasteiger partial charge on any atom is -0.497 e. The summed E-state index contributed by atoms with van der Waals surface area (Å²) in [7, 11) is 3.26. The van der Waals surface area contributed by atoms with Crippen LogP contribution in [-0.4, -0.2) is 25.6 Å². The van der Waals surface area contributed by atoms with Crippen LogP contribution in [0.15, 0.2) is 24.3 Å². The highest BCUT2D eigenvalue weighted by molar-refractivity contribution is 5.96. The standard InChI is InChI=1S/C14H20O3/c1-14(2,17-4)9-8-13(15)11-6-5-7-12(10-11)16-3/h5-7,10H,8-9H2,1-4H3. The Hall–Kier alpha value is -1.35. The summed E-state index contributed by atoms with van der Waals surface area (Å²) in [6.07, 6.45) is 1.19. The summed E-state index contributed by atoms with van der Waals surface area (Å²) in [6, 6.07) is 7.23. The Morgan fingerprint density at radius 3 is 2.59 bits per heavy atom. The smallest absolute Gasteiger partial charge is 0.163 e. The van der Waals surface area contributed by atoms with Crippen molar-refractivity contribution in [1.29, 1.82) is 0 Å². The molecule has 94 valence electrons. The van der Waals surface area contributed by atoms with Gasteiger partial charge in [-0.2, -0.15) is 0 Å². The largest absolute Gasteiger partial charge is 0.497 e. The van der Waals surface area contributed by atoms with Crippen molar-refractivity contribution in [3.8, 4) is 5.75 Å². The van der Waals surface area contributed by atoms with Gasteiger partial charge in [-0.25, -0.2) is 0 Å². The Kier molecular flexibility index (Phi) is 4.70. The number of benzene rings is 1. The van der Waals surface area contributed by atoms with E-state index >= 15 is 0 Å². The second kappa shape index (κ2) is 5.82. The van der Waals surface area contributed by atoms with E-state index in [9.17, 15) is 4.79 Å². The monoisotopic (exact) mass is 236 g/mol. The molecule has 0 heterocycles. The number of ether oxygens (including phenoxy) is 2. The highest BCUT2D eigenvalue weighted by atomic mass is 16.5. The van der Waals surface area contributed by atoms with Crippen molar-refractivity contribution in [2.75, 3.05) is 14.2 Å². The Labute approximate surface area is 103 Å². The van der Waals surface area contributed by atoms with E-state index in [2.05, 4.69) is 0 Å². The number of hydrogen-bond donors (Lipinski definition) is 0. The third-order valence-corrected chi connectivity index (χ3v) is 2.90. The van der Waals surface area contributed by atoms with Gasteiger partial charge in [-0.1, -0.05) is 12.1 Å². The molecule has 1 aromatic carbocycles. The number of hydrogen-bond acceptors (Lipinski definition) is 3. The fraction of sp³-hybridized carbons (Fsp3) is 0.500. The highest BCUT2D eigenvalue weighted by Gasteiger charge is 2.18. The fourth-order valence-electron chi connectivity index (χ4n) is 1.46. The van der Waals surface area contributed by atoms with Crippen LogP contribution in [0.25, 0.3) is 0 Å². The molecule has 0 atom stereocenters. The Morgan fingerprint density at radius 1 is 1.29 bits per heavy atom. The predicted molar refractivity (Wildman–Crippen MR) is 67.6 cm³/mol. The molecule has 1 aromatic rings. The summed E-state index contributed by atoms with van der Waals surface area (Å²) in [5.74, 6) is 0.830.